The number of halogens is 6. The summed E-state index contributed by atoms with van der Waals surface area (Å²) in [5.74, 6) is -0.731. The SMILES string of the molecule is C[NH+](C)Cc1nc2ccccc2c(=O)n1CC(=O)Nc1cc(C(F)(F)F)cc(C(F)(F)F)c1. The average molecular weight is 473 g/mol. The summed E-state index contributed by atoms with van der Waals surface area (Å²) in [5.41, 5.74) is -3.96. The van der Waals surface area contributed by atoms with Crippen LogP contribution in [0, 0.1) is 0 Å². The number of aromatic nitrogens is 2. The minimum absolute atomic E-state index is 0.0363. The third kappa shape index (κ3) is 5.69. The first-order chi connectivity index (χ1) is 15.3. The molecule has 2 aromatic carbocycles. The Morgan fingerprint density at radius 1 is 1.00 bits per heavy atom. The van der Waals surface area contributed by atoms with E-state index in [1.807, 2.05) is 5.32 Å². The Balaban J connectivity index is 1.99. The second kappa shape index (κ2) is 8.85. The molecule has 6 nitrogen and oxygen atoms in total. The van der Waals surface area contributed by atoms with Crippen molar-refractivity contribution in [2.75, 3.05) is 19.4 Å². The second-order valence-corrected chi connectivity index (χ2v) is 7.66. The van der Waals surface area contributed by atoms with E-state index in [1.54, 1.807) is 32.3 Å². The van der Waals surface area contributed by atoms with E-state index in [0.29, 0.717) is 17.6 Å². The van der Waals surface area contributed by atoms with Gasteiger partial charge in [0.15, 0.2) is 5.82 Å². The number of nitrogens with zero attached hydrogens (tertiary/aromatic N) is 2. The molecule has 3 rings (SSSR count). The summed E-state index contributed by atoms with van der Waals surface area (Å²) < 4.78 is 79.4. The Hall–Kier alpha value is -3.41. The number of anilines is 1. The zero-order valence-corrected chi connectivity index (χ0v) is 17.4. The number of alkyl halides is 6. The van der Waals surface area contributed by atoms with Crippen molar-refractivity contribution >= 4 is 22.5 Å². The summed E-state index contributed by atoms with van der Waals surface area (Å²) in [6.45, 7) is -0.397. The molecule has 0 saturated heterocycles. The number of amides is 1. The molecule has 0 unspecified atom stereocenters. The van der Waals surface area contributed by atoms with Gasteiger partial charge >= 0.3 is 12.4 Å². The van der Waals surface area contributed by atoms with Gasteiger partial charge in [0.25, 0.3) is 5.56 Å². The van der Waals surface area contributed by atoms with Crippen LogP contribution in [0.2, 0.25) is 0 Å². The molecule has 1 heterocycles. The number of para-hydroxylation sites is 1. The fourth-order valence-corrected chi connectivity index (χ4v) is 3.20. The molecule has 0 bridgehead atoms. The summed E-state index contributed by atoms with van der Waals surface area (Å²) in [6, 6.07) is 7.19. The van der Waals surface area contributed by atoms with Gasteiger partial charge in [-0.2, -0.15) is 26.3 Å². The van der Waals surface area contributed by atoms with Crippen molar-refractivity contribution in [3.8, 4) is 0 Å². The predicted octanol–water partition coefficient (Wildman–Crippen LogP) is 2.72. The number of fused-ring (bicyclic) bond motifs is 1. The quantitative estimate of drug-likeness (QED) is 0.560. The number of hydrogen-bond donors (Lipinski definition) is 2. The minimum atomic E-state index is -5.05. The van der Waals surface area contributed by atoms with Crippen molar-refractivity contribution in [3.05, 3.63) is 69.8 Å². The van der Waals surface area contributed by atoms with Gasteiger partial charge in [0.1, 0.15) is 13.1 Å². The largest absolute Gasteiger partial charge is 0.416 e. The van der Waals surface area contributed by atoms with E-state index in [1.165, 1.54) is 6.07 Å². The van der Waals surface area contributed by atoms with Crippen LogP contribution in [0.3, 0.4) is 0 Å². The monoisotopic (exact) mass is 473 g/mol. The van der Waals surface area contributed by atoms with Crippen LogP contribution in [0.5, 0.6) is 0 Å². The lowest BCUT2D eigenvalue weighted by Gasteiger charge is -2.16. The molecule has 1 aromatic heterocycles. The average Bonchev–Trinajstić information content (AvgIpc) is 2.69. The highest BCUT2D eigenvalue weighted by Crippen LogP contribution is 2.37. The highest BCUT2D eigenvalue weighted by Gasteiger charge is 2.37. The van der Waals surface area contributed by atoms with Gasteiger partial charge in [-0.1, -0.05) is 12.1 Å². The zero-order chi connectivity index (χ0) is 24.6. The number of quaternary nitrogens is 1. The highest BCUT2D eigenvalue weighted by molar-refractivity contribution is 5.91. The first kappa shape index (κ1) is 24.2. The molecule has 0 spiro atoms. The van der Waals surface area contributed by atoms with Gasteiger partial charge in [-0.25, -0.2) is 4.98 Å². The molecule has 176 valence electrons. The van der Waals surface area contributed by atoms with E-state index in [-0.39, 0.29) is 23.8 Å². The molecular weight excluding hydrogens is 454 g/mol. The van der Waals surface area contributed by atoms with Crippen molar-refractivity contribution in [1.82, 2.24) is 9.55 Å². The molecule has 0 aliphatic rings. The van der Waals surface area contributed by atoms with E-state index in [4.69, 9.17) is 0 Å². The van der Waals surface area contributed by atoms with Crippen molar-refractivity contribution in [2.24, 2.45) is 0 Å². The summed E-state index contributed by atoms with van der Waals surface area (Å²) in [6.07, 6.45) is -10.1. The summed E-state index contributed by atoms with van der Waals surface area (Å²) in [5, 5.41) is 2.26. The summed E-state index contributed by atoms with van der Waals surface area (Å²) in [4.78, 5) is 30.8. The minimum Gasteiger partial charge on any atom is -0.334 e. The molecule has 3 aromatic rings. The summed E-state index contributed by atoms with van der Waals surface area (Å²) >= 11 is 0. The molecule has 1 amide bonds. The van der Waals surface area contributed by atoms with Crippen LogP contribution in [-0.4, -0.2) is 29.6 Å². The Kier molecular flexibility index (Phi) is 6.50. The predicted molar refractivity (Wildman–Crippen MR) is 108 cm³/mol. The molecule has 0 atom stereocenters. The number of nitrogens with one attached hydrogen (secondary N) is 2. The molecule has 12 heteroatoms. The second-order valence-electron chi connectivity index (χ2n) is 7.66. The molecule has 0 fully saturated rings. The molecule has 0 aliphatic heterocycles. The van der Waals surface area contributed by atoms with Crippen molar-refractivity contribution in [2.45, 2.75) is 25.4 Å². The number of hydrogen-bond acceptors (Lipinski definition) is 3. The fourth-order valence-electron chi connectivity index (χ4n) is 3.20. The van der Waals surface area contributed by atoms with E-state index in [2.05, 4.69) is 4.98 Å². The van der Waals surface area contributed by atoms with Crippen LogP contribution in [-0.2, 0) is 30.2 Å². The number of benzene rings is 2. The van der Waals surface area contributed by atoms with Crippen LogP contribution < -0.4 is 15.8 Å². The molecule has 0 aliphatic carbocycles. The van der Waals surface area contributed by atoms with Crippen LogP contribution in [0.4, 0.5) is 32.0 Å². The molecular formula is C21H19F6N4O2+. The molecule has 0 radical (unpaired) electrons. The lowest BCUT2D eigenvalue weighted by Crippen LogP contribution is -3.04. The van der Waals surface area contributed by atoms with E-state index >= 15 is 0 Å². The van der Waals surface area contributed by atoms with Gasteiger partial charge in [0.05, 0.1) is 36.1 Å². The van der Waals surface area contributed by atoms with Gasteiger partial charge in [0.2, 0.25) is 5.91 Å². The van der Waals surface area contributed by atoms with Crippen molar-refractivity contribution in [1.29, 1.82) is 0 Å². The smallest absolute Gasteiger partial charge is 0.334 e. The third-order valence-corrected chi connectivity index (χ3v) is 4.63. The van der Waals surface area contributed by atoms with E-state index < -0.39 is 47.2 Å². The number of carbonyl (C=O) groups is 1. The van der Waals surface area contributed by atoms with Gasteiger partial charge in [0, 0.05) is 5.69 Å². The lowest BCUT2D eigenvalue weighted by atomic mass is 10.1. The van der Waals surface area contributed by atoms with Crippen LogP contribution in [0.15, 0.2) is 47.3 Å². The first-order valence-electron chi connectivity index (χ1n) is 9.62. The van der Waals surface area contributed by atoms with Crippen molar-refractivity contribution in [3.63, 3.8) is 0 Å². The van der Waals surface area contributed by atoms with Gasteiger partial charge in [-0.3, -0.25) is 14.2 Å². The van der Waals surface area contributed by atoms with Gasteiger partial charge in [-0.05, 0) is 30.3 Å². The number of rotatable bonds is 5. The maximum Gasteiger partial charge on any atom is 0.416 e. The first-order valence-corrected chi connectivity index (χ1v) is 9.62. The Morgan fingerprint density at radius 2 is 1.58 bits per heavy atom. The van der Waals surface area contributed by atoms with E-state index in [0.717, 1.165) is 9.47 Å². The normalized spacial score (nSPS) is 12.4. The standard InChI is InChI=1S/C21H18F6N4O2/c1-30(2)10-17-29-16-6-4-3-5-15(16)19(33)31(17)11-18(32)28-14-8-12(20(22,23)24)7-13(9-14)21(25,26)27/h3-9H,10-11H2,1-2H3,(H,28,32)/p+1. The van der Waals surface area contributed by atoms with Gasteiger partial charge < -0.3 is 10.2 Å². The Labute approximate surface area is 183 Å². The third-order valence-electron chi connectivity index (χ3n) is 4.63. The topological polar surface area (TPSA) is 68.4 Å². The van der Waals surface area contributed by atoms with Gasteiger partial charge in [-0.15, -0.1) is 0 Å². The van der Waals surface area contributed by atoms with Crippen LogP contribution >= 0.6 is 0 Å². The zero-order valence-electron chi connectivity index (χ0n) is 17.4. The molecule has 33 heavy (non-hydrogen) atoms. The van der Waals surface area contributed by atoms with Crippen molar-refractivity contribution < 1.29 is 36.0 Å². The lowest BCUT2D eigenvalue weighted by molar-refractivity contribution is -0.873. The maximum atomic E-state index is 13.1. The Bertz CT molecular complexity index is 1220. The Morgan fingerprint density at radius 3 is 2.12 bits per heavy atom. The summed E-state index contributed by atoms with van der Waals surface area (Å²) in [7, 11) is 3.57. The van der Waals surface area contributed by atoms with Crippen LogP contribution in [0.25, 0.3) is 10.9 Å². The molecule has 0 saturated carbocycles. The molecule has 2 N–H and O–H groups in total. The highest BCUT2D eigenvalue weighted by atomic mass is 19.4. The fraction of sp³-hybridized carbons (Fsp3) is 0.286. The number of carbonyl (C=O) groups excluding carboxylic acids is 1. The maximum absolute atomic E-state index is 13.1. The van der Waals surface area contributed by atoms with Crippen LogP contribution in [0.1, 0.15) is 17.0 Å². The van der Waals surface area contributed by atoms with E-state index in [9.17, 15) is 35.9 Å².